The van der Waals surface area contributed by atoms with Gasteiger partial charge in [-0.15, -0.1) is 0 Å². The highest BCUT2D eigenvalue weighted by Gasteiger charge is 2.11. The fourth-order valence-corrected chi connectivity index (χ4v) is 2.91. The first-order valence-electron chi connectivity index (χ1n) is 6.79. The fraction of sp³-hybridized carbons (Fsp3) is 0.176. The van der Waals surface area contributed by atoms with Gasteiger partial charge in [-0.1, -0.05) is 24.3 Å². The van der Waals surface area contributed by atoms with Crippen molar-refractivity contribution in [1.82, 2.24) is 5.32 Å². The quantitative estimate of drug-likeness (QED) is 0.589. The zero-order valence-electron chi connectivity index (χ0n) is 11.6. The van der Waals surface area contributed by atoms with Gasteiger partial charge in [-0.25, -0.2) is 0 Å². The number of para-hydroxylation sites is 1. The highest BCUT2D eigenvalue weighted by molar-refractivity contribution is 9.13. The summed E-state index contributed by atoms with van der Waals surface area (Å²) < 4.78 is 8.02. The van der Waals surface area contributed by atoms with Crippen LogP contribution in [0.4, 0.5) is 0 Å². The lowest BCUT2D eigenvalue weighted by Gasteiger charge is -2.11. The predicted octanol–water partition coefficient (Wildman–Crippen LogP) is 5.81. The van der Waals surface area contributed by atoms with Crippen molar-refractivity contribution in [2.75, 3.05) is 0 Å². The summed E-state index contributed by atoms with van der Waals surface area (Å²) in [7, 11) is 0. The summed E-state index contributed by atoms with van der Waals surface area (Å²) in [5.74, 6) is 0.965. The van der Waals surface area contributed by atoms with Crippen LogP contribution in [0.5, 0.6) is 0 Å². The van der Waals surface area contributed by atoms with Crippen molar-refractivity contribution < 1.29 is 4.42 Å². The van der Waals surface area contributed by atoms with E-state index in [4.69, 9.17) is 4.42 Å². The summed E-state index contributed by atoms with van der Waals surface area (Å²) in [5.41, 5.74) is 2.17. The van der Waals surface area contributed by atoms with Crippen molar-refractivity contribution in [3.63, 3.8) is 0 Å². The molecule has 3 rings (SSSR count). The SMILES string of the molecule is CC(NCc1ccc(Br)c(Br)c1)c1cc2ccccc2o1. The van der Waals surface area contributed by atoms with Crippen molar-refractivity contribution in [2.45, 2.75) is 19.5 Å². The third-order valence-electron chi connectivity index (χ3n) is 3.47. The number of furan rings is 1. The zero-order valence-corrected chi connectivity index (χ0v) is 14.7. The Labute approximate surface area is 140 Å². The molecule has 21 heavy (non-hydrogen) atoms. The molecule has 0 aliphatic heterocycles. The van der Waals surface area contributed by atoms with Gasteiger partial charge in [-0.05, 0) is 68.6 Å². The molecule has 2 nitrogen and oxygen atoms in total. The van der Waals surface area contributed by atoms with E-state index in [1.165, 1.54) is 5.56 Å². The van der Waals surface area contributed by atoms with Gasteiger partial charge in [0.25, 0.3) is 0 Å². The average molecular weight is 409 g/mol. The molecule has 3 aromatic rings. The van der Waals surface area contributed by atoms with Gasteiger partial charge < -0.3 is 9.73 Å². The number of halogens is 2. The normalized spacial score (nSPS) is 12.7. The molecule has 4 heteroatoms. The van der Waals surface area contributed by atoms with Gasteiger partial charge in [0.2, 0.25) is 0 Å². The molecular formula is C17H15Br2NO. The van der Waals surface area contributed by atoms with Crippen LogP contribution in [0.15, 0.2) is 61.9 Å². The van der Waals surface area contributed by atoms with Crippen molar-refractivity contribution in [1.29, 1.82) is 0 Å². The molecule has 1 aromatic heterocycles. The van der Waals surface area contributed by atoms with Crippen LogP contribution in [-0.2, 0) is 6.54 Å². The Morgan fingerprint density at radius 1 is 1.05 bits per heavy atom. The van der Waals surface area contributed by atoms with E-state index in [1.807, 2.05) is 24.3 Å². The van der Waals surface area contributed by atoms with Gasteiger partial charge in [-0.2, -0.15) is 0 Å². The van der Waals surface area contributed by atoms with Crippen LogP contribution >= 0.6 is 31.9 Å². The van der Waals surface area contributed by atoms with Crippen molar-refractivity contribution in [3.8, 4) is 0 Å². The number of benzene rings is 2. The molecule has 1 N–H and O–H groups in total. The second-order valence-corrected chi connectivity index (χ2v) is 6.75. The minimum absolute atomic E-state index is 0.167. The number of hydrogen-bond donors (Lipinski definition) is 1. The highest BCUT2D eigenvalue weighted by Crippen LogP contribution is 2.25. The molecule has 108 valence electrons. The van der Waals surface area contributed by atoms with E-state index < -0.39 is 0 Å². The lowest BCUT2D eigenvalue weighted by atomic mass is 10.2. The van der Waals surface area contributed by atoms with Gasteiger partial charge in [0, 0.05) is 20.9 Å². The second-order valence-electron chi connectivity index (χ2n) is 5.04. The summed E-state index contributed by atoms with van der Waals surface area (Å²) >= 11 is 7.01. The Bertz CT molecular complexity index is 733. The number of fused-ring (bicyclic) bond motifs is 1. The molecule has 1 heterocycles. The summed E-state index contributed by atoms with van der Waals surface area (Å²) in [6.45, 7) is 2.91. The minimum Gasteiger partial charge on any atom is -0.459 e. The molecule has 0 bridgehead atoms. The van der Waals surface area contributed by atoms with E-state index in [1.54, 1.807) is 0 Å². The van der Waals surface area contributed by atoms with Crippen LogP contribution in [-0.4, -0.2) is 0 Å². The fourth-order valence-electron chi connectivity index (χ4n) is 2.24. The second kappa shape index (κ2) is 6.34. The van der Waals surface area contributed by atoms with E-state index in [0.29, 0.717) is 0 Å². The zero-order chi connectivity index (χ0) is 14.8. The monoisotopic (exact) mass is 407 g/mol. The molecule has 2 aromatic carbocycles. The third-order valence-corrected chi connectivity index (χ3v) is 5.35. The number of hydrogen-bond acceptors (Lipinski definition) is 2. The van der Waals surface area contributed by atoms with E-state index >= 15 is 0 Å². The van der Waals surface area contributed by atoms with E-state index in [0.717, 1.165) is 32.2 Å². The highest BCUT2D eigenvalue weighted by atomic mass is 79.9. The lowest BCUT2D eigenvalue weighted by Crippen LogP contribution is -2.17. The van der Waals surface area contributed by atoms with Crippen LogP contribution in [0.25, 0.3) is 11.0 Å². The Morgan fingerprint density at radius 3 is 2.62 bits per heavy atom. The minimum atomic E-state index is 0.167. The Hall–Kier alpha value is -1.10. The first kappa shape index (κ1) is 14.8. The molecule has 0 aliphatic rings. The molecule has 0 fully saturated rings. The molecule has 0 spiro atoms. The summed E-state index contributed by atoms with van der Waals surface area (Å²) in [5, 5.41) is 4.64. The standard InChI is InChI=1S/C17H15Br2NO/c1-11(17-9-13-4-2-3-5-16(13)21-17)20-10-12-6-7-14(18)15(19)8-12/h2-9,11,20H,10H2,1H3. The van der Waals surface area contributed by atoms with Gasteiger partial charge in [-0.3, -0.25) is 0 Å². The first-order chi connectivity index (χ1) is 10.1. The van der Waals surface area contributed by atoms with Crippen molar-refractivity contribution in [3.05, 3.63) is 68.8 Å². The maximum atomic E-state index is 5.88. The smallest absolute Gasteiger partial charge is 0.134 e. The lowest BCUT2D eigenvalue weighted by molar-refractivity contribution is 0.451. The van der Waals surface area contributed by atoms with Gasteiger partial charge in [0.05, 0.1) is 6.04 Å². The molecule has 0 radical (unpaired) electrons. The maximum absolute atomic E-state index is 5.88. The topological polar surface area (TPSA) is 25.2 Å². The van der Waals surface area contributed by atoms with Crippen molar-refractivity contribution in [2.24, 2.45) is 0 Å². The summed E-state index contributed by atoms with van der Waals surface area (Å²) in [6.07, 6.45) is 0. The third kappa shape index (κ3) is 3.39. The van der Waals surface area contributed by atoms with Crippen LogP contribution < -0.4 is 5.32 Å². The van der Waals surface area contributed by atoms with Crippen LogP contribution in [0.2, 0.25) is 0 Å². The molecular weight excluding hydrogens is 394 g/mol. The average Bonchev–Trinajstić information content (AvgIpc) is 2.92. The first-order valence-corrected chi connectivity index (χ1v) is 8.38. The van der Waals surface area contributed by atoms with Gasteiger partial charge in [0.15, 0.2) is 0 Å². The van der Waals surface area contributed by atoms with Crippen LogP contribution in [0.1, 0.15) is 24.3 Å². The van der Waals surface area contributed by atoms with Crippen LogP contribution in [0, 0.1) is 0 Å². The number of nitrogens with one attached hydrogen (secondary N) is 1. The largest absolute Gasteiger partial charge is 0.459 e. The molecule has 0 saturated carbocycles. The Balaban J connectivity index is 1.70. The molecule has 0 amide bonds. The van der Waals surface area contributed by atoms with E-state index in [-0.39, 0.29) is 6.04 Å². The molecule has 0 saturated heterocycles. The Morgan fingerprint density at radius 2 is 1.86 bits per heavy atom. The van der Waals surface area contributed by atoms with E-state index in [2.05, 4.69) is 68.4 Å². The number of rotatable bonds is 4. The van der Waals surface area contributed by atoms with Gasteiger partial charge in [0.1, 0.15) is 11.3 Å². The molecule has 1 unspecified atom stereocenters. The van der Waals surface area contributed by atoms with Crippen molar-refractivity contribution >= 4 is 42.8 Å². The summed E-state index contributed by atoms with van der Waals surface area (Å²) in [6, 6.07) is 16.6. The molecule has 0 aliphatic carbocycles. The maximum Gasteiger partial charge on any atom is 0.134 e. The Kier molecular flexibility index (Phi) is 4.48. The van der Waals surface area contributed by atoms with E-state index in [9.17, 15) is 0 Å². The summed E-state index contributed by atoms with van der Waals surface area (Å²) in [4.78, 5) is 0. The molecule has 1 atom stereocenters. The van der Waals surface area contributed by atoms with Gasteiger partial charge >= 0.3 is 0 Å². The predicted molar refractivity (Wildman–Crippen MR) is 93.3 cm³/mol. The van der Waals surface area contributed by atoms with Crippen LogP contribution in [0.3, 0.4) is 0 Å².